The average Bonchev–Trinajstić information content (AvgIpc) is 2.33. The smallest absolute Gasteiger partial charge is 0.247 e. The molecule has 86 valence electrons. The number of hydrogen-bond acceptors (Lipinski definition) is 2. The zero-order chi connectivity index (χ0) is 11.6. The van der Waals surface area contributed by atoms with Crippen molar-refractivity contribution in [2.75, 3.05) is 5.32 Å². The van der Waals surface area contributed by atoms with Crippen LogP contribution < -0.4 is 23.6 Å². The molecule has 0 aliphatic heterocycles. The van der Waals surface area contributed by atoms with Gasteiger partial charge in [0.25, 0.3) is 5.82 Å². The van der Waals surface area contributed by atoms with Gasteiger partial charge in [0.1, 0.15) is 0 Å². The summed E-state index contributed by atoms with van der Waals surface area (Å²) in [5.74, 6) is 1.77. The topological polar surface area (TPSA) is 39.1 Å². The van der Waals surface area contributed by atoms with Crippen molar-refractivity contribution in [2.45, 2.75) is 0 Å². The Morgan fingerprint density at radius 3 is 2.44 bits per heavy atom. The Morgan fingerprint density at radius 2 is 1.88 bits per heavy atom. The summed E-state index contributed by atoms with van der Waals surface area (Å²) in [6, 6.07) is 11.6. The molecule has 0 aromatic carbocycles. The zero-order valence-electron chi connectivity index (χ0n) is 8.20. The van der Waals surface area contributed by atoms with Crippen LogP contribution in [0.5, 0.6) is 0 Å². The van der Waals surface area contributed by atoms with Gasteiger partial charge < -0.3 is 0 Å². The third-order valence-electron chi connectivity index (χ3n) is 1.64. The second-order valence-electron chi connectivity index (χ2n) is 2.67. The number of rotatable bonds is 2. The first kappa shape index (κ1) is 14.4. The van der Waals surface area contributed by atoms with Crippen LogP contribution in [0.4, 0.5) is 11.6 Å². The Balaban J connectivity index is 0.000000386. The number of nitrogens with zero attached hydrogens (tertiary/aromatic N) is 1. The molecule has 2 N–H and O–H groups in total. The number of pyridine rings is 2. The minimum atomic E-state index is 0.530. The second-order valence-corrected chi connectivity index (χ2v) is 18.9. The minimum Gasteiger partial charge on any atom is -0.247 e. The van der Waals surface area contributed by atoms with E-state index in [2.05, 4.69) is 52.5 Å². The summed E-state index contributed by atoms with van der Waals surface area (Å²) < 4.78 is 0. The Kier molecular flexibility index (Phi) is 8.37. The summed E-state index contributed by atoms with van der Waals surface area (Å²) in [6.45, 7) is 0. The molecule has 0 aliphatic carbocycles. The van der Waals surface area contributed by atoms with Crippen LogP contribution in [-0.4, -0.2) is 4.98 Å². The van der Waals surface area contributed by atoms with Crippen LogP contribution in [0.15, 0.2) is 48.8 Å². The summed E-state index contributed by atoms with van der Waals surface area (Å²) in [5, 5.41) is 3.14. The maximum Gasteiger partial charge on any atom is 0.278 e. The molecule has 2 heterocycles. The Hall–Kier alpha value is 0.290. The van der Waals surface area contributed by atoms with Crippen molar-refractivity contribution in [3.05, 3.63) is 48.8 Å². The van der Waals surface area contributed by atoms with Gasteiger partial charge in [-0.05, 0) is 12.1 Å². The van der Waals surface area contributed by atoms with E-state index in [9.17, 15) is 0 Å². The van der Waals surface area contributed by atoms with Crippen LogP contribution >= 0.6 is 37.2 Å². The molecule has 0 saturated carbocycles. The van der Waals surface area contributed by atoms with Crippen LogP contribution in [0.1, 0.15) is 0 Å². The number of hydrogen-bond donors (Lipinski definition) is 1. The van der Waals surface area contributed by atoms with Gasteiger partial charge in [-0.2, -0.15) is 0 Å². The Morgan fingerprint density at radius 1 is 1.12 bits per heavy atom. The summed E-state index contributed by atoms with van der Waals surface area (Å²) in [4.78, 5) is 7.21. The predicted molar refractivity (Wildman–Crippen MR) is 78.6 cm³/mol. The van der Waals surface area contributed by atoms with Gasteiger partial charge in [0.2, 0.25) is 5.82 Å². The number of anilines is 2. The van der Waals surface area contributed by atoms with Crippen LogP contribution in [0.2, 0.25) is 0 Å². The molecule has 0 radical (unpaired) electrons. The molecule has 2 rings (SSSR count). The molecule has 0 bridgehead atoms. The molecule has 2 aromatic rings. The van der Waals surface area contributed by atoms with Crippen molar-refractivity contribution in [1.82, 2.24) is 4.98 Å². The van der Waals surface area contributed by atoms with Gasteiger partial charge in [-0.3, -0.25) is 0 Å². The van der Waals surface area contributed by atoms with E-state index in [1.807, 2.05) is 42.6 Å². The SMILES string of the molecule is I[I-]I.c1ccc(Nc2cccc[nH+]2)nc1. The average molecular weight is 553 g/mol. The Bertz CT molecular complexity index is 346. The molecule has 16 heavy (non-hydrogen) atoms. The quantitative estimate of drug-likeness (QED) is 0.549. The summed E-state index contributed by atoms with van der Waals surface area (Å²) in [5.41, 5.74) is 0. The van der Waals surface area contributed by atoms with Crippen molar-refractivity contribution in [2.24, 2.45) is 0 Å². The molecule has 0 unspecified atom stereocenters. The van der Waals surface area contributed by atoms with Gasteiger partial charge >= 0.3 is 50.5 Å². The summed E-state index contributed by atoms with van der Waals surface area (Å²) in [6.07, 6.45) is 3.62. The normalized spacial score (nSPS) is 9.12. The number of aromatic nitrogens is 2. The standard InChI is InChI=1S/C10H9N3.I3/c1-3-7-11-9(5-1)13-10-6-2-4-8-12-10;1-3-2/h1-8H,(H,11,12,13);/q;-1/p+1. The number of aromatic amines is 1. The van der Waals surface area contributed by atoms with Gasteiger partial charge in [0.05, 0.1) is 6.20 Å². The molecule has 6 heteroatoms. The van der Waals surface area contributed by atoms with E-state index < -0.39 is 0 Å². The van der Waals surface area contributed by atoms with Crippen molar-refractivity contribution in [3.63, 3.8) is 0 Å². The van der Waals surface area contributed by atoms with Crippen LogP contribution in [-0.2, 0) is 0 Å². The van der Waals surface area contributed by atoms with E-state index in [0.717, 1.165) is 11.6 Å². The molecule has 0 amide bonds. The first-order valence-corrected chi connectivity index (χ1v) is 17.0. The van der Waals surface area contributed by atoms with E-state index in [0.29, 0.717) is 13.3 Å². The monoisotopic (exact) mass is 553 g/mol. The largest absolute Gasteiger partial charge is 0.278 e. The second kappa shape index (κ2) is 9.33. The van der Waals surface area contributed by atoms with E-state index in [1.165, 1.54) is 0 Å². The van der Waals surface area contributed by atoms with E-state index in [1.54, 1.807) is 6.20 Å². The number of halogens is 3. The molecular weight excluding hydrogens is 543 g/mol. The maximum absolute atomic E-state index is 4.14. The molecule has 0 saturated heterocycles. The minimum absolute atomic E-state index is 0.530. The maximum atomic E-state index is 4.14. The van der Waals surface area contributed by atoms with Crippen LogP contribution in [0, 0.1) is 0 Å². The molecule has 0 atom stereocenters. The van der Waals surface area contributed by atoms with Gasteiger partial charge in [0.15, 0.2) is 0 Å². The summed E-state index contributed by atoms with van der Waals surface area (Å²) in [7, 11) is 0. The van der Waals surface area contributed by atoms with E-state index in [4.69, 9.17) is 0 Å². The van der Waals surface area contributed by atoms with Crippen LogP contribution in [0.3, 0.4) is 0 Å². The molecular formula is C10H10I3N3. The third-order valence-corrected chi connectivity index (χ3v) is 1.64. The molecule has 0 spiro atoms. The van der Waals surface area contributed by atoms with Crippen molar-refractivity contribution < 1.29 is 18.2 Å². The fourth-order valence-corrected chi connectivity index (χ4v) is 1.05. The van der Waals surface area contributed by atoms with Gasteiger partial charge in [-0.15, -0.1) is 0 Å². The van der Waals surface area contributed by atoms with Crippen LogP contribution in [0.25, 0.3) is 0 Å². The zero-order valence-corrected chi connectivity index (χ0v) is 14.7. The number of nitrogens with one attached hydrogen (secondary N) is 2. The fourth-order valence-electron chi connectivity index (χ4n) is 1.05. The Labute approximate surface area is 124 Å². The van der Waals surface area contributed by atoms with E-state index in [-0.39, 0.29) is 0 Å². The first-order valence-electron chi connectivity index (χ1n) is 4.38. The molecule has 0 aliphatic rings. The predicted octanol–water partition coefficient (Wildman–Crippen LogP) is 0.415. The molecule has 3 nitrogen and oxygen atoms in total. The van der Waals surface area contributed by atoms with Gasteiger partial charge in [-0.25, -0.2) is 15.3 Å². The van der Waals surface area contributed by atoms with Gasteiger partial charge in [-0.1, -0.05) is 12.1 Å². The van der Waals surface area contributed by atoms with Crippen molar-refractivity contribution >= 4 is 48.9 Å². The van der Waals surface area contributed by atoms with Crippen molar-refractivity contribution in [1.29, 1.82) is 0 Å². The molecule has 2 aromatic heterocycles. The summed E-state index contributed by atoms with van der Waals surface area (Å²) >= 11 is 5.30. The first-order chi connectivity index (χ1) is 7.86. The van der Waals surface area contributed by atoms with Gasteiger partial charge in [0, 0.05) is 18.3 Å². The molecule has 0 fully saturated rings. The fraction of sp³-hybridized carbons (Fsp3) is 0. The van der Waals surface area contributed by atoms with Crippen molar-refractivity contribution in [3.8, 4) is 0 Å². The van der Waals surface area contributed by atoms with E-state index >= 15 is 0 Å². The third kappa shape index (κ3) is 6.13. The number of H-pyrrole nitrogens is 1.